The first-order chi connectivity index (χ1) is 11.5. The third kappa shape index (κ3) is 5.99. The molecule has 0 saturated heterocycles. The average Bonchev–Trinajstić information content (AvgIpc) is 2.60. The zero-order chi connectivity index (χ0) is 17.5. The number of hydrogen-bond donors (Lipinski definition) is 2. The van der Waals surface area contributed by atoms with Crippen LogP contribution in [0.15, 0.2) is 47.4 Å². The minimum atomic E-state index is -0.739. The maximum absolute atomic E-state index is 14.3. The Kier molecular flexibility index (Phi) is 8.89. The van der Waals surface area contributed by atoms with E-state index in [1.165, 1.54) is 0 Å². The quantitative estimate of drug-likeness (QED) is 0.708. The Morgan fingerprint density at radius 2 is 1.96 bits per heavy atom. The van der Waals surface area contributed by atoms with Gasteiger partial charge in [-0.2, -0.15) is 0 Å². The Balaban J connectivity index is 0.00000312. The molecule has 0 aliphatic carbocycles. The smallest absolute Gasteiger partial charge is 0.222 e. The summed E-state index contributed by atoms with van der Waals surface area (Å²) in [5, 5.41) is 5.70. The average molecular weight is 387 g/mol. The molecular formula is C18H21ClF2N2OS. The molecule has 0 aromatic heterocycles. The molecule has 0 aliphatic rings. The zero-order valence-electron chi connectivity index (χ0n) is 14.0. The van der Waals surface area contributed by atoms with Crippen LogP contribution in [0.5, 0.6) is 0 Å². The van der Waals surface area contributed by atoms with Gasteiger partial charge in [-0.25, -0.2) is 8.78 Å². The number of thioether (sulfide) groups is 1. The van der Waals surface area contributed by atoms with Gasteiger partial charge < -0.3 is 10.6 Å². The van der Waals surface area contributed by atoms with E-state index in [0.717, 1.165) is 23.1 Å². The van der Waals surface area contributed by atoms with E-state index in [9.17, 15) is 13.6 Å². The van der Waals surface area contributed by atoms with Gasteiger partial charge in [0.25, 0.3) is 0 Å². The second kappa shape index (κ2) is 10.4. The van der Waals surface area contributed by atoms with E-state index in [2.05, 4.69) is 10.6 Å². The summed E-state index contributed by atoms with van der Waals surface area (Å²) in [5.74, 6) is -1.32. The van der Waals surface area contributed by atoms with E-state index in [1.54, 1.807) is 24.9 Å². The van der Waals surface area contributed by atoms with Crippen LogP contribution in [0.4, 0.5) is 8.78 Å². The lowest BCUT2D eigenvalue weighted by Gasteiger charge is -2.21. The molecule has 1 unspecified atom stereocenters. The van der Waals surface area contributed by atoms with Crippen molar-refractivity contribution in [1.29, 1.82) is 0 Å². The fraction of sp³-hybridized carbons (Fsp3) is 0.278. The summed E-state index contributed by atoms with van der Waals surface area (Å²) in [6.07, 6.45) is 2.19. The van der Waals surface area contributed by atoms with Crippen molar-refractivity contribution >= 4 is 30.1 Å². The minimum absolute atomic E-state index is 0. The SMILES string of the molecule is CNCCC(=O)NC(c1cccc(SC)c1)c1cc(F)ccc1F.Cl. The van der Waals surface area contributed by atoms with Gasteiger partial charge in [0.1, 0.15) is 11.6 Å². The normalized spacial score (nSPS) is 11.5. The summed E-state index contributed by atoms with van der Waals surface area (Å²) in [4.78, 5) is 13.1. The molecule has 2 aromatic carbocycles. The molecule has 0 bridgehead atoms. The molecule has 2 N–H and O–H groups in total. The van der Waals surface area contributed by atoms with Crippen LogP contribution in [0.1, 0.15) is 23.6 Å². The van der Waals surface area contributed by atoms with E-state index < -0.39 is 17.7 Å². The molecule has 0 saturated carbocycles. The van der Waals surface area contributed by atoms with Gasteiger partial charge in [-0.3, -0.25) is 4.79 Å². The van der Waals surface area contributed by atoms with Crippen molar-refractivity contribution in [3.8, 4) is 0 Å². The molecule has 2 aromatic rings. The van der Waals surface area contributed by atoms with E-state index in [4.69, 9.17) is 0 Å². The van der Waals surface area contributed by atoms with Crippen molar-refractivity contribution in [3.05, 3.63) is 65.2 Å². The highest BCUT2D eigenvalue weighted by Crippen LogP contribution is 2.28. The van der Waals surface area contributed by atoms with Gasteiger partial charge in [0.2, 0.25) is 5.91 Å². The summed E-state index contributed by atoms with van der Waals surface area (Å²) in [6.45, 7) is 0.509. The molecule has 0 spiro atoms. The number of hydrogen-bond acceptors (Lipinski definition) is 3. The Labute approximate surface area is 157 Å². The first-order valence-electron chi connectivity index (χ1n) is 7.58. The number of carbonyl (C=O) groups excluding carboxylic acids is 1. The maximum atomic E-state index is 14.3. The van der Waals surface area contributed by atoms with Gasteiger partial charge in [-0.15, -0.1) is 24.2 Å². The minimum Gasteiger partial charge on any atom is -0.345 e. The predicted molar refractivity (Wildman–Crippen MR) is 100 cm³/mol. The molecule has 0 fully saturated rings. The summed E-state index contributed by atoms with van der Waals surface area (Å²) in [6, 6.07) is 9.97. The molecule has 136 valence electrons. The van der Waals surface area contributed by atoms with Gasteiger partial charge in [0.15, 0.2) is 0 Å². The highest BCUT2D eigenvalue weighted by Gasteiger charge is 2.21. The van der Waals surface area contributed by atoms with E-state index in [-0.39, 0.29) is 30.3 Å². The van der Waals surface area contributed by atoms with E-state index in [1.807, 2.05) is 24.5 Å². The van der Waals surface area contributed by atoms with Gasteiger partial charge >= 0.3 is 0 Å². The Hall–Kier alpha value is -1.63. The summed E-state index contributed by atoms with van der Waals surface area (Å²) >= 11 is 1.55. The summed E-state index contributed by atoms with van der Waals surface area (Å²) in [5.41, 5.74) is 0.829. The van der Waals surface area contributed by atoms with Crippen molar-refractivity contribution < 1.29 is 13.6 Å². The van der Waals surface area contributed by atoms with Crippen LogP contribution in [-0.4, -0.2) is 25.8 Å². The number of carbonyl (C=O) groups is 1. The second-order valence-corrected chi connectivity index (χ2v) is 6.18. The monoisotopic (exact) mass is 386 g/mol. The van der Waals surface area contributed by atoms with Crippen LogP contribution in [0.2, 0.25) is 0 Å². The van der Waals surface area contributed by atoms with Crippen LogP contribution in [0.25, 0.3) is 0 Å². The van der Waals surface area contributed by atoms with E-state index >= 15 is 0 Å². The lowest BCUT2D eigenvalue weighted by atomic mass is 9.97. The molecule has 1 atom stereocenters. The molecule has 0 aliphatic heterocycles. The standard InChI is InChI=1S/C18H20F2N2OS.ClH/c1-21-9-8-17(23)22-18(12-4-3-5-14(10-12)24-2)15-11-13(19)6-7-16(15)20;/h3-7,10-11,18,21H,8-9H2,1-2H3,(H,22,23);1H. The lowest BCUT2D eigenvalue weighted by molar-refractivity contribution is -0.121. The summed E-state index contributed by atoms with van der Waals surface area (Å²) in [7, 11) is 1.75. The van der Waals surface area contributed by atoms with Gasteiger partial charge in [0, 0.05) is 23.4 Å². The molecule has 25 heavy (non-hydrogen) atoms. The van der Waals surface area contributed by atoms with Crippen LogP contribution in [-0.2, 0) is 4.79 Å². The number of rotatable bonds is 7. The highest BCUT2D eigenvalue weighted by molar-refractivity contribution is 7.98. The zero-order valence-corrected chi connectivity index (χ0v) is 15.6. The Bertz CT molecular complexity index is 715. The van der Waals surface area contributed by atoms with Gasteiger partial charge in [-0.1, -0.05) is 12.1 Å². The van der Waals surface area contributed by atoms with E-state index in [0.29, 0.717) is 12.1 Å². The fourth-order valence-corrected chi connectivity index (χ4v) is 2.84. The van der Waals surface area contributed by atoms with Crippen molar-refractivity contribution in [2.45, 2.75) is 17.4 Å². The summed E-state index contributed by atoms with van der Waals surface area (Å²) < 4.78 is 27.9. The molecule has 2 rings (SSSR count). The van der Waals surface area contributed by atoms with Crippen LogP contribution in [0, 0.1) is 11.6 Å². The lowest BCUT2D eigenvalue weighted by Crippen LogP contribution is -2.31. The molecule has 0 radical (unpaired) electrons. The third-order valence-electron chi connectivity index (χ3n) is 3.60. The first kappa shape index (κ1) is 21.4. The molecule has 3 nitrogen and oxygen atoms in total. The fourth-order valence-electron chi connectivity index (χ4n) is 2.37. The maximum Gasteiger partial charge on any atom is 0.222 e. The number of nitrogens with one attached hydrogen (secondary N) is 2. The van der Waals surface area contributed by atoms with Crippen LogP contribution in [0.3, 0.4) is 0 Å². The molecule has 1 amide bonds. The van der Waals surface area contributed by atoms with Gasteiger partial charge in [-0.05, 0) is 49.2 Å². The van der Waals surface area contributed by atoms with Crippen LogP contribution >= 0.6 is 24.2 Å². The number of benzene rings is 2. The van der Waals surface area contributed by atoms with Crippen molar-refractivity contribution in [1.82, 2.24) is 10.6 Å². The number of halogens is 3. The van der Waals surface area contributed by atoms with Crippen molar-refractivity contribution in [3.63, 3.8) is 0 Å². The predicted octanol–water partition coefficient (Wildman–Crippen LogP) is 3.92. The first-order valence-corrected chi connectivity index (χ1v) is 8.80. The highest BCUT2D eigenvalue weighted by atomic mass is 35.5. The third-order valence-corrected chi connectivity index (χ3v) is 4.33. The van der Waals surface area contributed by atoms with Crippen molar-refractivity contribution in [2.75, 3.05) is 19.8 Å². The molecule has 7 heteroatoms. The topological polar surface area (TPSA) is 41.1 Å². The largest absolute Gasteiger partial charge is 0.345 e. The molecule has 0 heterocycles. The second-order valence-electron chi connectivity index (χ2n) is 5.30. The molecular weight excluding hydrogens is 366 g/mol. The van der Waals surface area contributed by atoms with Gasteiger partial charge in [0.05, 0.1) is 6.04 Å². The number of amides is 1. The van der Waals surface area contributed by atoms with Crippen molar-refractivity contribution in [2.24, 2.45) is 0 Å². The Morgan fingerprint density at radius 3 is 2.64 bits per heavy atom. The Morgan fingerprint density at radius 1 is 1.20 bits per heavy atom. The van der Waals surface area contributed by atoms with Crippen LogP contribution < -0.4 is 10.6 Å².